The van der Waals surface area contributed by atoms with Gasteiger partial charge in [0.25, 0.3) is 0 Å². The minimum atomic E-state index is 0.847. The van der Waals surface area contributed by atoms with Gasteiger partial charge in [-0.3, -0.25) is 9.98 Å². The molecular formula is C10H20N2. The van der Waals surface area contributed by atoms with Crippen molar-refractivity contribution in [1.29, 1.82) is 0 Å². The van der Waals surface area contributed by atoms with E-state index in [2.05, 4.69) is 23.8 Å². The quantitative estimate of drug-likeness (QED) is 0.412. The Morgan fingerprint density at radius 1 is 0.833 bits per heavy atom. The summed E-state index contributed by atoms with van der Waals surface area (Å²) in [5.41, 5.74) is 0. The molecule has 0 aliphatic carbocycles. The molecule has 0 aromatic heterocycles. The molecule has 0 spiro atoms. The summed E-state index contributed by atoms with van der Waals surface area (Å²) in [6.07, 6.45) is 8.55. The Labute approximate surface area is 75.8 Å². The van der Waals surface area contributed by atoms with Crippen molar-refractivity contribution in [3.8, 4) is 0 Å². The van der Waals surface area contributed by atoms with Gasteiger partial charge >= 0.3 is 0 Å². The maximum absolute atomic E-state index is 4.22. The minimum Gasteiger partial charge on any atom is -0.296 e. The first-order valence-corrected chi connectivity index (χ1v) is 4.88. The molecule has 0 radical (unpaired) electrons. The zero-order valence-corrected chi connectivity index (χ0v) is 8.29. The molecule has 0 heterocycles. The monoisotopic (exact) mass is 168 g/mol. The van der Waals surface area contributed by atoms with Crippen molar-refractivity contribution in [2.24, 2.45) is 9.98 Å². The lowest BCUT2D eigenvalue weighted by Gasteiger charge is -1.88. The van der Waals surface area contributed by atoms with Crippen LogP contribution in [0, 0.1) is 0 Å². The fourth-order valence-electron chi connectivity index (χ4n) is 0.739. The highest BCUT2D eigenvalue weighted by Gasteiger charge is 1.77. The van der Waals surface area contributed by atoms with E-state index in [0.717, 1.165) is 25.9 Å². The highest BCUT2D eigenvalue weighted by atomic mass is 14.8. The van der Waals surface area contributed by atoms with Gasteiger partial charge < -0.3 is 0 Å². The van der Waals surface area contributed by atoms with Gasteiger partial charge in [-0.2, -0.15) is 0 Å². The molecule has 0 aliphatic rings. The van der Waals surface area contributed by atoms with Crippen LogP contribution in [0.1, 0.15) is 39.5 Å². The third-order valence-corrected chi connectivity index (χ3v) is 1.45. The Morgan fingerprint density at radius 3 is 1.58 bits per heavy atom. The lowest BCUT2D eigenvalue weighted by Crippen LogP contribution is -1.88. The Kier molecular flexibility index (Phi) is 9.77. The SMILES string of the molecule is CCCC=NCCN=CCCC. The summed E-state index contributed by atoms with van der Waals surface area (Å²) >= 11 is 0. The molecule has 0 aromatic rings. The molecule has 0 saturated heterocycles. The Balaban J connectivity index is 3.09. The topological polar surface area (TPSA) is 24.7 Å². The number of unbranched alkanes of at least 4 members (excludes halogenated alkanes) is 2. The van der Waals surface area contributed by atoms with Crippen LogP contribution < -0.4 is 0 Å². The van der Waals surface area contributed by atoms with Crippen molar-refractivity contribution in [3.63, 3.8) is 0 Å². The van der Waals surface area contributed by atoms with Crippen LogP contribution in [0.3, 0.4) is 0 Å². The number of aliphatic imine (C=N–C) groups is 2. The maximum Gasteiger partial charge on any atom is 0.0581 e. The smallest absolute Gasteiger partial charge is 0.0581 e. The van der Waals surface area contributed by atoms with Gasteiger partial charge in [0, 0.05) is 0 Å². The minimum absolute atomic E-state index is 0.847. The van der Waals surface area contributed by atoms with Crippen molar-refractivity contribution in [3.05, 3.63) is 0 Å². The first-order valence-electron chi connectivity index (χ1n) is 4.88. The van der Waals surface area contributed by atoms with E-state index in [1.165, 1.54) is 12.8 Å². The standard InChI is InChI=1S/C10H20N2/c1-3-5-7-11-9-10-12-8-6-4-2/h7-8H,3-6,9-10H2,1-2H3. The van der Waals surface area contributed by atoms with Crippen LogP contribution >= 0.6 is 0 Å². The summed E-state index contributed by atoms with van der Waals surface area (Å²) in [5.74, 6) is 0. The van der Waals surface area contributed by atoms with Crippen molar-refractivity contribution in [1.82, 2.24) is 0 Å². The van der Waals surface area contributed by atoms with Gasteiger partial charge in [-0.15, -0.1) is 0 Å². The molecule has 0 rings (SSSR count). The van der Waals surface area contributed by atoms with Crippen LogP contribution in [0.15, 0.2) is 9.98 Å². The highest BCUT2D eigenvalue weighted by Crippen LogP contribution is 1.83. The molecule has 0 aliphatic heterocycles. The number of hydrogen-bond donors (Lipinski definition) is 0. The van der Waals surface area contributed by atoms with E-state index in [0.29, 0.717) is 0 Å². The zero-order valence-electron chi connectivity index (χ0n) is 8.29. The normalized spacial score (nSPS) is 11.8. The average Bonchev–Trinajstić information content (AvgIpc) is 2.10. The van der Waals surface area contributed by atoms with Gasteiger partial charge in [-0.1, -0.05) is 26.7 Å². The lowest BCUT2D eigenvalue weighted by atomic mass is 10.4. The van der Waals surface area contributed by atoms with Crippen LogP contribution in [0.4, 0.5) is 0 Å². The molecule has 2 nitrogen and oxygen atoms in total. The van der Waals surface area contributed by atoms with E-state index < -0.39 is 0 Å². The van der Waals surface area contributed by atoms with E-state index >= 15 is 0 Å². The molecule has 0 atom stereocenters. The van der Waals surface area contributed by atoms with E-state index in [-0.39, 0.29) is 0 Å². The van der Waals surface area contributed by atoms with Gasteiger partial charge in [0.05, 0.1) is 13.1 Å². The number of rotatable bonds is 7. The summed E-state index contributed by atoms with van der Waals surface area (Å²) in [6.45, 7) is 6.01. The third kappa shape index (κ3) is 9.34. The second-order valence-corrected chi connectivity index (χ2v) is 2.75. The molecule has 0 N–H and O–H groups in total. The molecule has 2 heteroatoms. The molecule has 0 bridgehead atoms. The van der Waals surface area contributed by atoms with E-state index in [1.54, 1.807) is 0 Å². The predicted molar refractivity (Wildman–Crippen MR) is 56.5 cm³/mol. The summed E-state index contributed by atoms with van der Waals surface area (Å²) in [6, 6.07) is 0. The maximum atomic E-state index is 4.22. The van der Waals surface area contributed by atoms with Crippen molar-refractivity contribution >= 4 is 12.4 Å². The molecule has 12 heavy (non-hydrogen) atoms. The van der Waals surface area contributed by atoms with Crippen LogP contribution in [0.2, 0.25) is 0 Å². The molecule has 0 saturated carbocycles. The van der Waals surface area contributed by atoms with Gasteiger partial charge in [0.1, 0.15) is 0 Å². The molecule has 70 valence electrons. The predicted octanol–water partition coefficient (Wildman–Crippen LogP) is 2.73. The second kappa shape index (κ2) is 10.3. The molecular weight excluding hydrogens is 148 g/mol. The second-order valence-electron chi connectivity index (χ2n) is 2.75. The van der Waals surface area contributed by atoms with Crippen LogP contribution in [-0.2, 0) is 0 Å². The summed E-state index contributed by atoms with van der Waals surface area (Å²) < 4.78 is 0. The highest BCUT2D eigenvalue weighted by molar-refractivity contribution is 5.57. The van der Waals surface area contributed by atoms with Crippen LogP contribution in [0.5, 0.6) is 0 Å². The Bertz CT molecular complexity index is 112. The van der Waals surface area contributed by atoms with E-state index in [9.17, 15) is 0 Å². The van der Waals surface area contributed by atoms with Crippen molar-refractivity contribution in [2.75, 3.05) is 13.1 Å². The summed E-state index contributed by atoms with van der Waals surface area (Å²) in [7, 11) is 0. The van der Waals surface area contributed by atoms with Gasteiger partial charge in [-0.05, 0) is 25.3 Å². The summed E-state index contributed by atoms with van der Waals surface area (Å²) in [5, 5.41) is 0. The summed E-state index contributed by atoms with van der Waals surface area (Å²) in [4.78, 5) is 8.44. The average molecular weight is 168 g/mol. The molecule has 0 unspecified atom stereocenters. The lowest BCUT2D eigenvalue weighted by molar-refractivity contribution is 0.942. The zero-order chi connectivity index (χ0) is 9.07. The van der Waals surface area contributed by atoms with E-state index in [4.69, 9.17) is 0 Å². The van der Waals surface area contributed by atoms with Gasteiger partial charge in [0.2, 0.25) is 0 Å². The van der Waals surface area contributed by atoms with Gasteiger partial charge in [-0.25, -0.2) is 0 Å². The Morgan fingerprint density at radius 2 is 1.25 bits per heavy atom. The molecule has 0 amide bonds. The van der Waals surface area contributed by atoms with Crippen LogP contribution in [-0.4, -0.2) is 25.5 Å². The van der Waals surface area contributed by atoms with Crippen molar-refractivity contribution < 1.29 is 0 Å². The van der Waals surface area contributed by atoms with Crippen LogP contribution in [0.25, 0.3) is 0 Å². The molecule has 0 fully saturated rings. The first kappa shape index (κ1) is 11.3. The third-order valence-electron chi connectivity index (χ3n) is 1.45. The number of nitrogens with zero attached hydrogens (tertiary/aromatic N) is 2. The van der Waals surface area contributed by atoms with E-state index in [1.807, 2.05) is 12.4 Å². The fourth-order valence-corrected chi connectivity index (χ4v) is 0.739. The van der Waals surface area contributed by atoms with Crippen molar-refractivity contribution in [2.45, 2.75) is 39.5 Å². The number of hydrogen-bond acceptors (Lipinski definition) is 2. The van der Waals surface area contributed by atoms with Gasteiger partial charge in [0.15, 0.2) is 0 Å². The largest absolute Gasteiger partial charge is 0.296 e. The Hall–Kier alpha value is -0.660. The fraction of sp³-hybridized carbons (Fsp3) is 0.800. The first-order chi connectivity index (χ1) is 5.91. The molecule has 0 aromatic carbocycles.